The van der Waals surface area contributed by atoms with Gasteiger partial charge in [0.15, 0.2) is 11.6 Å². The molecule has 39 heavy (non-hydrogen) atoms. The van der Waals surface area contributed by atoms with Crippen LogP contribution in [-0.2, 0) is 9.47 Å². The number of nitrogens with zero attached hydrogens (tertiary/aromatic N) is 2. The normalized spacial score (nSPS) is 25.4. The number of nitrogens with one attached hydrogen (secondary N) is 1. The highest BCUT2D eigenvalue weighted by Gasteiger charge is 2.41. The first-order valence-electron chi connectivity index (χ1n) is 13.6. The van der Waals surface area contributed by atoms with Crippen LogP contribution in [0.2, 0.25) is 0 Å². The Morgan fingerprint density at radius 3 is 2.56 bits per heavy atom. The molecule has 0 unspecified atom stereocenters. The quantitative estimate of drug-likeness (QED) is 0.510. The van der Waals surface area contributed by atoms with Crippen molar-refractivity contribution in [1.82, 2.24) is 15.1 Å². The van der Waals surface area contributed by atoms with Gasteiger partial charge in [0, 0.05) is 25.2 Å². The maximum atomic E-state index is 13.8. The summed E-state index contributed by atoms with van der Waals surface area (Å²) in [6, 6.07) is 9.82. The Bertz CT molecular complexity index is 1230. The summed E-state index contributed by atoms with van der Waals surface area (Å²) in [7, 11) is 0. The van der Waals surface area contributed by atoms with Gasteiger partial charge in [0.05, 0.1) is 12.2 Å². The Morgan fingerprint density at radius 1 is 1.05 bits per heavy atom. The van der Waals surface area contributed by atoms with Gasteiger partial charge in [-0.25, -0.2) is 28.1 Å². The molecule has 2 aromatic rings. The molecule has 8 nitrogen and oxygen atoms in total. The minimum Gasteiger partial charge on any atom is -0.462 e. The fourth-order valence-corrected chi connectivity index (χ4v) is 6.09. The van der Waals surface area contributed by atoms with Gasteiger partial charge in [-0.05, 0) is 74.3 Å². The molecule has 0 bridgehead atoms. The van der Waals surface area contributed by atoms with Gasteiger partial charge in [0.25, 0.3) is 0 Å². The molecule has 0 radical (unpaired) electrons. The van der Waals surface area contributed by atoms with E-state index in [-0.39, 0.29) is 18.6 Å². The summed E-state index contributed by atoms with van der Waals surface area (Å²) in [5, 5.41) is 2.94. The number of cyclic esters (lactones) is 1. The summed E-state index contributed by atoms with van der Waals surface area (Å²) in [5.41, 5.74) is 1.99. The predicted octanol–water partition coefficient (Wildman–Crippen LogP) is 5.15. The van der Waals surface area contributed by atoms with E-state index in [4.69, 9.17) is 9.47 Å². The van der Waals surface area contributed by atoms with E-state index in [0.717, 1.165) is 61.2 Å². The number of halogens is 2. The minimum atomic E-state index is -1.04. The van der Waals surface area contributed by atoms with Crippen molar-refractivity contribution in [2.75, 3.05) is 26.3 Å². The van der Waals surface area contributed by atoms with Crippen molar-refractivity contribution in [2.45, 2.75) is 63.1 Å². The van der Waals surface area contributed by atoms with Crippen LogP contribution in [0.1, 0.15) is 72.5 Å². The molecule has 2 saturated heterocycles. The standard InChI is InChI=1S/C29H33F2N3O5/c1-2-38-27(35)23-6-4-3-5-22(23)18-7-10-21(11-8-18)33-14-13-20(16-33)32-28(36)34-26(17-39-29(34)37)19-9-12-24(30)25(31)15-19/h3-6,9,12,15,18,20-21,26H,2,7-8,10-11,13-14,16-17H2,1H3,(H,32,36)/t18-,20-,21+,26-/m1/s1. The number of urea groups is 1. The van der Waals surface area contributed by atoms with Crippen LogP contribution in [0.4, 0.5) is 18.4 Å². The van der Waals surface area contributed by atoms with E-state index in [0.29, 0.717) is 36.2 Å². The zero-order chi connectivity index (χ0) is 27.5. The van der Waals surface area contributed by atoms with Crippen LogP contribution in [0.3, 0.4) is 0 Å². The number of carbonyl (C=O) groups is 3. The Kier molecular flexibility index (Phi) is 8.11. The molecule has 3 aliphatic rings. The number of esters is 1. The second-order valence-corrected chi connectivity index (χ2v) is 10.4. The van der Waals surface area contributed by atoms with Gasteiger partial charge in [-0.15, -0.1) is 0 Å². The lowest BCUT2D eigenvalue weighted by Crippen LogP contribution is -2.47. The summed E-state index contributed by atoms with van der Waals surface area (Å²) in [6.45, 7) is 3.53. The fourth-order valence-electron chi connectivity index (χ4n) is 6.09. The molecule has 0 aromatic heterocycles. The van der Waals surface area contributed by atoms with Crippen molar-refractivity contribution >= 4 is 18.1 Å². The van der Waals surface area contributed by atoms with Crippen molar-refractivity contribution in [2.24, 2.45) is 0 Å². The zero-order valence-corrected chi connectivity index (χ0v) is 21.9. The molecular weight excluding hydrogens is 508 g/mol. The van der Waals surface area contributed by atoms with Crippen molar-refractivity contribution in [3.05, 3.63) is 70.8 Å². The number of likely N-dealkylation sites (tertiary alicyclic amines) is 1. The van der Waals surface area contributed by atoms with Gasteiger partial charge in [-0.2, -0.15) is 0 Å². The van der Waals surface area contributed by atoms with Crippen LogP contribution in [0.25, 0.3) is 0 Å². The molecule has 2 heterocycles. The van der Waals surface area contributed by atoms with Crippen LogP contribution in [0.5, 0.6) is 0 Å². The minimum absolute atomic E-state index is 0.114. The molecule has 2 aliphatic heterocycles. The second kappa shape index (κ2) is 11.7. The SMILES string of the molecule is CCOC(=O)c1ccccc1[C@H]1CC[C@@H](N2CC[C@@H](NC(=O)N3C(=O)OC[C@@H]3c3ccc(F)c(F)c3)C2)CC1. The monoisotopic (exact) mass is 541 g/mol. The maximum Gasteiger partial charge on any atom is 0.418 e. The topological polar surface area (TPSA) is 88.2 Å². The van der Waals surface area contributed by atoms with Crippen molar-refractivity contribution < 1.29 is 32.6 Å². The lowest BCUT2D eigenvalue weighted by atomic mass is 9.79. The summed E-state index contributed by atoms with van der Waals surface area (Å²) >= 11 is 0. The smallest absolute Gasteiger partial charge is 0.418 e. The van der Waals surface area contributed by atoms with Crippen molar-refractivity contribution in [3.8, 4) is 0 Å². The van der Waals surface area contributed by atoms with E-state index < -0.39 is 29.8 Å². The molecule has 208 valence electrons. The lowest BCUT2D eigenvalue weighted by Gasteiger charge is -2.35. The molecule has 10 heteroatoms. The average Bonchev–Trinajstić information content (AvgIpc) is 3.57. The van der Waals surface area contributed by atoms with E-state index in [9.17, 15) is 23.2 Å². The Labute approximate surface area is 226 Å². The van der Waals surface area contributed by atoms with E-state index in [2.05, 4.69) is 10.2 Å². The van der Waals surface area contributed by atoms with E-state index in [1.165, 1.54) is 6.07 Å². The summed E-state index contributed by atoms with van der Waals surface area (Å²) in [6.07, 6.45) is 3.83. The number of ether oxygens (including phenoxy) is 2. The number of hydrogen-bond donors (Lipinski definition) is 1. The zero-order valence-electron chi connectivity index (χ0n) is 21.9. The molecule has 1 aliphatic carbocycles. The molecule has 1 saturated carbocycles. The third kappa shape index (κ3) is 5.75. The summed E-state index contributed by atoms with van der Waals surface area (Å²) in [4.78, 5) is 41.1. The molecule has 3 fully saturated rings. The number of imide groups is 1. The number of rotatable bonds is 6. The molecule has 1 N–H and O–H groups in total. The highest BCUT2D eigenvalue weighted by molar-refractivity contribution is 5.93. The predicted molar refractivity (Wildman–Crippen MR) is 138 cm³/mol. The highest BCUT2D eigenvalue weighted by atomic mass is 19.2. The number of carbonyl (C=O) groups excluding carboxylic acids is 3. The van der Waals surface area contributed by atoms with Gasteiger partial charge in [0.1, 0.15) is 12.6 Å². The molecule has 2 atom stereocenters. The average molecular weight is 542 g/mol. The molecule has 0 spiro atoms. The molecule has 5 rings (SSSR count). The molecular formula is C29H33F2N3O5. The first kappa shape index (κ1) is 27.1. The van der Waals surface area contributed by atoms with Gasteiger partial charge in [-0.1, -0.05) is 24.3 Å². The van der Waals surface area contributed by atoms with Crippen LogP contribution >= 0.6 is 0 Å². The largest absolute Gasteiger partial charge is 0.462 e. The Morgan fingerprint density at radius 2 is 1.82 bits per heavy atom. The van der Waals surface area contributed by atoms with E-state index in [1.807, 2.05) is 24.3 Å². The Hall–Kier alpha value is -3.53. The van der Waals surface area contributed by atoms with Gasteiger partial charge in [-0.3, -0.25) is 4.90 Å². The van der Waals surface area contributed by atoms with Gasteiger partial charge >= 0.3 is 18.1 Å². The van der Waals surface area contributed by atoms with Crippen LogP contribution in [-0.4, -0.2) is 66.3 Å². The highest BCUT2D eigenvalue weighted by Crippen LogP contribution is 2.37. The molecule has 2 aromatic carbocycles. The first-order valence-corrected chi connectivity index (χ1v) is 13.6. The fraction of sp³-hybridized carbons (Fsp3) is 0.483. The van der Waals surface area contributed by atoms with E-state index >= 15 is 0 Å². The van der Waals surface area contributed by atoms with Crippen LogP contribution in [0, 0.1) is 11.6 Å². The summed E-state index contributed by atoms with van der Waals surface area (Å²) in [5.74, 6) is -2.02. The molecule has 3 amide bonds. The van der Waals surface area contributed by atoms with Gasteiger partial charge in [0.2, 0.25) is 0 Å². The van der Waals surface area contributed by atoms with Crippen LogP contribution < -0.4 is 5.32 Å². The van der Waals surface area contributed by atoms with Crippen molar-refractivity contribution in [3.63, 3.8) is 0 Å². The number of benzene rings is 2. The third-order valence-electron chi connectivity index (χ3n) is 8.08. The Balaban J connectivity index is 1.16. The van der Waals surface area contributed by atoms with E-state index in [1.54, 1.807) is 6.92 Å². The van der Waals surface area contributed by atoms with Gasteiger partial charge < -0.3 is 14.8 Å². The number of hydrogen-bond acceptors (Lipinski definition) is 6. The van der Waals surface area contributed by atoms with Crippen molar-refractivity contribution in [1.29, 1.82) is 0 Å². The summed E-state index contributed by atoms with van der Waals surface area (Å²) < 4.78 is 37.4. The first-order chi connectivity index (χ1) is 18.9. The lowest BCUT2D eigenvalue weighted by molar-refractivity contribution is 0.0523. The third-order valence-corrected chi connectivity index (χ3v) is 8.08. The second-order valence-electron chi connectivity index (χ2n) is 10.4. The maximum absolute atomic E-state index is 13.8. The number of amides is 3. The van der Waals surface area contributed by atoms with Crippen LogP contribution in [0.15, 0.2) is 42.5 Å².